The summed E-state index contributed by atoms with van der Waals surface area (Å²) in [5.41, 5.74) is 6.86. The van der Waals surface area contributed by atoms with Crippen molar-refractivity contribution in [1.82, 2.24) is 9.55 Å². The van der Waals surface area contributed by atoms with Crippen molar-refractivity contribution in [3.8, 4) is 0 Å². The summed E-state index contributed by atoms with van der Waals surface area (Å²) >= 11 is 6.01. The molecule has 3 nitrogen and oxygen atoms in total. The summed E-state index contributed by atoms with van der Waals surface area (Å²) in [5, 5.41) is 0.434. The van der Waals surface area contributed by atoms with Gasteiger partial charge in [0.25, 0.3) is 0 Å². The van der Waals surface area contributed by atoms with Crippen LogP contribution in [0.3, 0.4) is 0 Å². The SMILES string of the molecule is Nc1nc2cccc(Cl)c2n1CCCC(F)(F)F. The van der Waals surface area contributed by atoms with Gasteiger partial charge >= 0.3 is 6.18 Å². The number of halogens is 4. The third kappa shape index (κ3) is 2.69. The molecule has 1 aromatic heterocycles. The van der Waals surface area contributed by atoms with Crippen molar-refractivity contribution < 1.29 is 13.2 Å². The van der Waals surface area contributed by atoms with E-state index in [2.05, 4.69) is 4.98 Å². The Labute approximate surface area is 106 Å². The zero-order valence-electron chi connectivity index (χ0n) is 9.34. The van der Waals surface area contributed by atoms with Crippen molar-refractivity contribution in [3.63, 3.8) is 0 Å². The lowest BCUT2D eigenvalue weighted by Crippen LogP contribution is -2.10. The zero-order valence-corrected chi connectivity index (χ0v) is 10.1. The molecule has 0 fully saturated rings. The quantitative estimate of drug-likeness (QED) is 0.931. The van der Waals surface area contributed by atoms with Crippen molar-refractivity contribution in [2.24, 2.45) is 0 Å². The fourth-order valence-electron chi connectivity index (χ4n) is 1.82. The number of alkyl halides is 3. The molecule has 7 heteroatoms. The lowest BCUT2D eigenvalue weighted by molar-refractivity contribution is -0.135. The van der Waals surface area contributed by atoms with Gasteiger partial charge in [-0.1, -0.05) is 17.7 Å². The Morgan fingerprint density at radius 3 is 2.72 bits per heavy atom. The largest absolute Gasteiger partial charge is 0.389 e. The highest BCUT2D eigenvalue weighted by molar-refractivity contribution is 6.35. The van der Waals surface area contributed by atoms with Crippen molar-refractivity contribution >= 4 is 28.6 Å². The number of fused-ring (bicyclic) bond motifs is 1. The van der Waals surface area contributed by atoms with Crippen molar-refractivity contribution in [2.45, 2.75) is 25.6 Å². The first kappa shape index (κ1) is 13.0. The first-order chi connectivity index (χ1) is 8.38. The number of aryl methyl sites for hydroxylation is 1. The van der Waals surface area contributed by atoms with Crippen LogP contribution in [0.2, 0.25) is 5.02 Å². The molecular weight excluding hydrogens is 267 g/mol. The Morgan fingerprint density at radius 1 is 1.33 bits per heavy atom. The summed E-state index contributed by atoms with van der Waals surface area (Å²) < 4.78 is 37.8. The number of aromatic nitrogens is 2. The van der Waals surface area contributed by atoms with Crippen LogP contribution in [0.5, 0.6) is 0 Å². The van der Waals surface area contributed by atoms with E-state index in [4.69, 9.17) is 17.3 Å². The van der Waals surface area contributed by atoms with E-state index in [1.807, 2.05) is 0 Å². The van der Waals surface area contributed by atoms with Gasteiger partial charge in [-0.05, 0) is 18.6 Å². The van der Waals surface area contributed by atoms with Crippen LogP contribution < -0.4 is 5.73 Å². The Kier molecular flexibility index (Phi) is 3.38. The smallest absolute Gasteiger partial charge is 0.369 e. The second-order valence-corrected chi connectivity index (χ2v) is 4.36. The zero-order chi connectivity index (χ0) is 13.3. The molecule has 2 N–H and O–H groups in total. The summed E-state index contributed by atoms with van der Waals surface area (Å²) in [6, 6.07) is 5.10. The molecule has 0 spiro atoms. The average Bonchev–Trinajstić information content (AvgIpc) is 2.55. The molecule has 0 aliphatic carbocycles. The van der Waals surface area contributed by atoms with Gasteiger partial charge in [-0.2, -0.15) is 13.2 Å². The Morgan fingerprint density at radius 2 is 2.06 bits per heavy atom. The molecule has 0 unspecified atom stereocenters. The second kappa shape index (κ2) is 4.68. The fourth-order valence-corrected chi connectivity index (χ4v) is 2.10. The number of hydrogen-bond acceptors (Lipinski definition) is 2. The van der Waals surface area contributed by atoms with Crippen molar-refractivity contribution in [1.29, 1.82) is 0 Å². The number of nitrogens with two attached hydrogens (primary N) is 1. The molecule has 0 saturated carbocycles. The number of nitrogens with zero attached hydrogens (tertiary/aromatic N) is 2. The van der Waals surface area contributed by atoms with Crippen LogP contribution in [0.1, 0.15) is 12.8 Å². The second-order valence-electron chi connectivity index (χ2n) is 3.95. The number of rotatable bonds is 3. The van der Waals surface area contributed by atoms with E-state index >= 15 is 0 Å². The number of hydrogen-bond donors (Lipinski definition) is 1. The Bertz CT molecular complexity index is 562. The van der Waals surface area contributed by atoms with Crippen molar-refractivity contribution in [3.05, 3.63) is 23.2 Å². The van der Waals surface area contributed by atoms with Crippen LogP contribution in [0, 0.1) is 0 Å². The van der Waals surface area contributed by atoms with E-state index in [0.29, 0.717) is 16.1 Å². The predicted octanol–water partition coefficient (Wildman–Crippen LogP) is 3.61. The number of para-hydroxylation sites is 1. The first-order valence-electron chi connectivity index (χ1n) is 5.35. The number of anilines is 1. The molecule has 98 valence electrons. The first-order valence-corrected chi connectivity index (χ1v) is 5.73. The number of imidazole rings is 1. The third-order valence-corrected chi connectivity index (χ3v) is 2.89. The van der Waals surface area contributed by atoms with Crippen LogP contribution in [0.25, 0.3) is 11.0 Å². The summed E-state index contributed by atoms with van der Waals surface area (Å²) in [7, 11) is 0. The normalized spacial score (nSPS) is 12.2. The topological polar surface area (TPSA) is 43.8 Å². The lowest BCUT2D eigenvalue weighted by atomic mass is 10.3. The minimum atomic E-state index is -4.16. The molecule has 0 radical (unpaired) electrons. The van der Waals surface area contributed by atoms with E-state index in [1.165, 1.54) is 4.57 Å². The Balaban J connectivity index is 2.25. The number of nitrogen functional groups attached to an aromatic ring is 1. The molecule has 1 aromatic carbocycles. The monoisotopic (exact) mass is 277 g/mol. The van der Waals surface area contributed by atoms with Crippen LogP contribution in [0.4, 0.5) is 19.1 Å². The average molecular weight is 278 g/mol. The summed E-state index contributed by atoms with van der Waals surface area (Å²) in [4.78, 5) is 4.06. The van der Waals surface area contributed by atoms with Gasteiger partial charge in [0.1, 0.15) is 0 Å². The van der Waals surface area contributed by atoms with Gasteiger partial charge in [0, 0.05) is 13.0 Å². The predicted molar refractivity (Wildman–Crippen MR) is 64.4 cm³/mol. The third-order valence-electron chi connectivity index (χ3n) is 2.59. The van der Waals surface area contributed by atoms with E-state index in [1.54, 1.807) is 18.2 Å². The summed E-state index contributed by atoms with van der Waals surface area (Å²) in [6.45, 7) is 0.144. The van der Waals surface area contributed by atoms with Gasteiger partial charge in [-0.25, -0.2) is 4.98 Å². The minimum absolute atomic E-state index is 0.0512. The highest BCUT2D eigenvalue weighted by Crippen LogP contribution is 2.27. The van der Waals surface area contributed by atoms with Gasteiger partial charge in [0.2, 0.25) is 5.95 Å². The molecule has 2 aromatic rings. The van der Waals surface area contributed by atoms with Crippen LogP contribution in [0.15, 0.2) is 18.2 Å². The molecule has 2 rings (SSSR count). The highest BCUT2D eigenvalue weighted by Gasteiger charge is 2.26. The van der Waals surface area contributed by atoms with Crippen molar-refractivity contribution in [2.75, 3.05) is 5.73 Å². The summed E-state index contributed by atoms with van der Waals surface area (Å²) in [5.74, 6) is 0.181. The molecule has 0 atom stereocenters. The van der Waals surface area contributed by atoms with Crippen LogP contribution in [-0.2, 0) is 6.54 Å². The maximum atomic E-state index is 12.1. The maximum Gasteiger partial charge on any atom is 0.389 e. The minimum Gasteiger partial charge on any atom is -0.369 e. The number of benzene rings is 1. The molecule has 0 bridgehead atoms. The van der Waals surface area contributed by atoms with Gasteiger partial charge in [-0.3, -0.25) is 0 Å². The molecule has 18 heavy (non-hydrogen) atoms. The molecule has 0 aliphatic rings. The molecular formula is C11H11ClF3N3. The van der Waals surface area contributed by atoms with E-state index in [0.717, 1.165) is 0 Å². The molecule has 1 heterocycles. The summed E-state index contributed by atoms with van der Waals surface area (Å²) in [6.07, 6.45) is -5.06. The van der Waals surface area contributed by atoms with Gasteiger partial charge in [-0.15, -0.1) is 0 Å². The highest BCUT2D eigenvalue weighted by atomic mass is 35.5. The maximum absolute atomic E-state index is 12.1. The van der Waals surface area contributed by atoms with Gasteiger partial charge in [0.05, 0.1) is 16.1 Å². The van der Waals surface area contributed by atoms with Gasteiger partial charge < -0.3 is 10.3 Å². The molecule has 0 aliphatic heterocycles. The van der Waals surface area contributed by atoms with Crippen LogP contribution in [-0.4, -0.2) is 15.7 Å². The molecule has 0 amide bonds. The lowest BCUT2D eigenvalue weighted by Gasteiger charge is -2.09. The standard InChI is InChI=1S/C11H11ClF3N3/c12-7-3-1-4-8-9(7)18(10(16)17-8)6-2-5-11(13,14)15/h1,3-4H,2,5-6H2,(H2,16,17). The van der Waals surface area contributed by atoms with E-state index < -0.39 is 12.6 Å². The van der Waals surface area contributed by atoms with E-state index in [9.17, 15) is 13.2 Å². The van der Waals surface area contributed by atoms with Gasteiger partial charge in [0.15, 0.2) is 0 Å². The fraction of sp³-hybridized carbons (Fsp3) is 0.364. The van der Waals surface area contributed by atoms with Crippen LogP contribution >= 0.6 is 11.6 Å². The molecule has 0 saturated heterocycles. The van der Waals surface area contributed by atoms with E-state index in [-0.39, 0.29) is 18.9 Å². The Hall–Kier alpha value is -1.43.